The molecule has 0 aliphatic carbocycles. The van der Waals surface area contributed by atoms with Gasteiger partial charge in [0.1, 0.15) is 5.75 Å². The Morgan fingerprint density at radius 1 is 0.562 bits per heavy atom. The van der Waals surface area contributed by atoms with Crippen LogP contribution in [0.2, 0.25) is 0 Å². The van der Waals surface area contributed by atoms with Gasteiger partial charge in [-0.25, -0.2) is 4.79 Å². The Morgan fingerprint density at radius 2 is 1.00 bits per heavy atom. The number of hydrogen-bond donors (Lipinski definition) is 5. The van der Waals surface area contributed by atoms with Gasteiger partial charge in [-0.1, -0.05) is 103 Å². The topological polar surface area (TPSA) is 170 Å². The molecule has 0 heterocycles. The van der Waals surface area contributed by atoms with Crippen LogP contribution in [0, 0.1) is 0 Å². The molecule has 6 rings (SSSR count). The van der Waals surface area contributed by atoms with Gasteiger partial charge in [-0.15, -0.1) is 0 Å². The van der Waals surface area contributed by atoms with Crippen molar-refractivity contribution in [3.05, 3.63) is 126 Å². The van der Waals surface area contributed by atoms with E-state index in [1.54, 1.807) is 36.4 Å². The van der Waals surface area contributed by atoms with Gasteiger partial charge in [0.2, 0.25) is 11.8 Å². The highest BCUT2D eigenvalue weighted by atomic mass is 16.4. The fourth-order valence-electron chi connectivity index (χ4n) is 4.70. The van der Waals surface area contributed by atoms with Gasteiger partial charge in [0, 0.05) is 37.1 Å². The summed E-state index contributed by atoms with van der Waals surface area (Å²) in [7, 11) is 0. The molecule has 0 radical (unpaired) electrons. The van der Waals surface area contributed by atoms with Crippen LogP contribution in [0.25, 0.3) is 32.3 Å². The number of aromatic hydroxyl groups is 1. The number of hydrogen-bond acceptors (Lipinski definition) is 6. The van der Waals surface area contributed by atoms with Gasteiger partial charge in [-0.05, 0) is 33.7 Å². The zero-order valence-corrected chi connectivity index (χ0v) is 26.4. The van der Waals surface area contributed by atoms with Crippen molar-refractivity contribution >= 4 is 73.7 Å². The molecule has 0 aromatic heterocycles. The van der Waals surface area contributed by atoms with Crippen LogP contribution in [0.4, 0.5) is 11.4 Å². The second-order valence-electron chi connectivity index (χ2n) is 10.3. The third kappa shape index (κ3) is 9.98. The van der Waals surface area contributed by atoms with E-state index in [0.29, 0.717) is 22.0 Å². The van der Waals surface area contributed by atoms with Crippen molar-refractivity contribution in [2.45, 2.75) is 20.8 Å². The van der Waals surface area contributed by atoms with Crippen LogP contribution in [0.3, 0.4) is 0 Å². The smallest absolute Gasteiger partial charge is 0.336 e. The summed E-state index contributed by atoms with van der Waals surface area (Å²) in [6.45, 7) is 3.84. The van der Waals surface area contributed by atoms with Crippen molar-refractivity contribution in [3.8, 4) is 5.75 Å². The highest BCUT2D eigenvalue weighted by Crippen LogP contribution is 2.38. The van der Waals surface area contributed by atoms with Crippen LogP contribution >= 0.6 is 0 Å². The van der Waals surface area contributed by atoms with Gasteiger partial charge >= 0.3 is 5.97 Å². The maximum absolute atomic E-state index is 11.2. The summed E-state index contributed by atoms with van der Waals surface area (Å²) in [5.41, 5.74) is 1.94. The highest BCUT2D eigenvalue weighted by Gasteiger charge is 2.13. The summed E-state index contributed by atoms with van der Waals surface area (Å²) >= 11 is 0. The molecule has 0 aliphatic rings. The monoisotopic (exact) mass is 646 g/mol. The maximum atomic E-state index is 11.2. The summed E-state index contributed by atoms with van der Waals surface area (Å²) in [6.07, 6.45) is 0.891. The highest BCUT2D eigenvalue weighted by molar-refractivity contribution is 6.08. The van der Waals surface area contributed by atoms with Crippen molar-refractivity contribution in [2.75, 3.05) is 10.6 Å². The Balaban J connectivity index is 0.000000190. The second kappa shape index (κ2) is 17.2. The molecule has 0 saturated heterocycles. The van der Waals surface area contributed by atoms with E-state index < -0.39 is 11.9 Å². The Morgan fingerprint density at radius 3 is 1.54 bits per heavy atom. The lowest BCUT2D eigenvalue weighted by atomic mass is 10.1. The molecule has 5 N–H and O–H groups in total. The van der Waals surface area contributed by atoms with Crippen LogP contribution < -0.4 is 10.6 Å². The normalized spacial score (nSPS) is 9.81. The van der Waals surface area contributed by atoms with Crippen molar-refractivity contribution in [1.29, 1.82) is 0 Å². The number of carbonyl (C=O) groups excluding carboxylic acids is 3. The number of anilines is 2. The van der Waals surface area contributed by atoms with Gasteiger partial charge < -0.3 is 26.0 Å². The number of carbonyl (C=O) groups is 5. The van der Waals surface area contributed by atoms with E-state index in [4.69, 9.17) is 15.0 Å². The van der Waals surface area contributed by atoms with Crippen LogP contribution in [0.1, 0.15) is 41.5 Å². The molecule has 0 atom stereocenters. The Hall–Kier alpha value is -6.55. The average molecular weight is 647 g/mol. The molecule has 244 valence electrons. The Labute approximate surface area is 276 Å². The number of fused-ring (bicyclic) bond motifs is 3. The molecule has 0 spiro atoms. The van der Waals surface area contributed by atoms with E-state index in [1.807, 2.05) is 78.9 Å². The minimum Gasteiger partial charge on any atom is -0.505 e. The van der Waals surface area contributed by atoms with E-state index in [1.165, 1.54) is 13.8 Å². The first kappa shape index (κ1) is 35.9. The van der Waals surface area contributed by atoms with Crippen LogP contribution in [0.5, 0.6) is 5.75 Å². The number of aliphatic carboxylic acids is 1. The van der Waals surface area contributed by atoms with Crippen molar-refractivity contribution in [3.63, 3.8) is 0 Å². The molecule has 48 heavy (non-hydrogen) atoms. The van der Waals surface area contributed by atoms with E-state index in [9.17, 15) is 24.3 Å². The lowest BCUT2D eigenvalue weighted by Crippen LogP contribution is -2.09. The van der Waals surface area contributed by atoms with Crippen LogP contribution in [0.15, 0.2) is 115 Å². The Kier molecular flexibility index (Phi) is 12.9. The first-order valence-corrected chi connectivity index (χ1v) is 14.6. The number of nitrogens with one attached hydrogen (secondary N) is 2. The molecule has 6 aromatic rings. The van der Waals surface area contributed by atoms with Crippen LogP contribution in [-0.2, 0) is 14.4 Å². The molecule has 2 amide bonds. The minimum absolute atomic E-state index is 0.0140. The minimum atomic E-state index is -0.878. The van der Waals surface area contributed by atoms with Gasteiger partial charge in [-0.2, -0.15) is 0 Å². The number of carboxylic acids is 2. The molecule has 10 nitrogen and oxygen atoms in total. The van der Waals surface area contributed by atoms with Gasteiger partial charge in [0.05, 0.1) is 16.9 Å². The average Bonchev–Trinajstić information content (AvgIpc) is 3.06. The summed E-state index contributed by atoms with van der Waals surface area (Å²) in [6, 6.07) is 35.0. The summed E-state index contributed by atoms with van der Waals surface area (Å²) < 4.78 is 0. The van der Waals surface area contributed by atoms with Gasteiger partial charge in [0.25, 0.3) is 5.97 Å². The summed E-state index contributed by atoms with van der Waals surface area (Å²) in [5, 5.41) is 36.8. The predicted octanol–water partition coefficient (Wildman–Crippen LogP) is 7.74. The summed E-state index contributed by atoms with van der Waals surface area (Å²) in [5.74, 6) is -2.24. The van der Waals surface area contributed by atoms with Gasteiger partial charge in [-0.3, -0.25) is 19.2 Å². The van der Waals surface area contributed by atoms with E-state index in [2.05, 4.69) is 10.6 Å². The van der Waals surface area contributed by atoms with Crippen molar-refractivity contribution in [2.24, 2.45) is 0 Å². The number of phenols is 1. The lowest BCUT2D eigenvalue weighted by Gasteiger charge is -2.13. The van der Waals surface area contributed by atoms with E-state index in [-0.39, 0.29) is 23.3 Å². The first-order chi connectivity index (χ1) is 22.9. The molecule has 0 aliphatic heterocycles. The number of rotatable bonds is 4. The van der Waals surface area contributed by atoms with Gasteiger partial charge in [0.15, 0.2) is 6.29 Å². The SMILES string of the molecule is CC(=O)Nc1cc(NC(C)=O)c2ccccc2c1O.CC(=O)O.O=C(O)c1cccc2ccccc12.O=Cc1cccc2ccccc12. The number of amides is 2. The number of aldehydes is 1. The predicted molar refractivity (Wildman–Crippen MR) is 188 cm³/mol. The number of phenolic OH excluding ortho intramolecular Hbond substituents is 1. The third-order valence-electron chi connectivity index (χ3n) is 6.61. The fourth-order valence-corrected chi connectivity index (χ4v) is 4.70. The molecular formula is C38H34N2O8. The molecule has 10 heteroatoms. The Bertz CT molecular complexity index is 2090. The molecular weight excluding hydrogens is 612 g/mol. The molecule has 0 bridgehead atoms. The van der Waals surface area contributed by atoms with E-state index in [0.717, 1.165) is 40.3 Å². The zero-order chi connectivity index (χ0) is 35.2. The summed E-state index contributed by atoms with van der Waals surface area (Å²) in [4.78, 5) is 52.8. The standard InChI is InChI=1S/C14H14N2O3.C11H8O2.C11H8O.C2H4O2/c1-8(17)15-12-7-13(16-9(2)18)14(19)11-6-4-3-5-10(11)12;12-11(13)10-7-3-5-8-4-1-2-6-9(8)10;12-8-10-6-3-5-9-4-1-2-7-11(9)10;1-2(3)4/h3-7,19H,1-2H3,(H,15,17)(H,16,18);1-7H,(H,12,13);1-8H;1H3,(H,3,4). The van der Waals surface area contributed by atoms with Crippen molar-refractivity contribution < 1.29 is 39.3 Å². The largest absolute Gasteiger partial charge is 0.505 e. The number of benzene rings is 6. The van der Waals surface area contributed by atoms with Crippen LogP contribution in [-0.4, -0.2) is 45.4 Å². The third-order valence-corrected chi connectivity index (χ3v) is 6.61. The second-order valence-corrected chi connectivity index (χ2v) is 10.3. The first-order valence-electron chi connectivity index (χ1n) is 14.6. The zero-order valence-electron chi connectivity index (χ0n) is 26.4. The molecule has 0 fully saturated rings. The van der Waals surface area contributed by atoms with Crippen molar-refractivity contribution in [1.82, 2.24) is 0 Å². The lowest BCUT2D eigenvalue weighted by molar-refractivity contribution is -0.134. The molecule has 0 unspecified atom stereocenters. The molecule has 6 aromatic carbocycles. The number of aromatic carboxylic acids is 1. The molecule has 0 saturated carbocycles. The number of carboxylic acid groups (broad SMARTS) is 2. The van der Waals surface area contributed by atoms with E-state index >= 15 is 0 Å². The fraction of sp³-hybridized carbons (Fsp3) is 0.0789. The quantitative estimate of drug-likeness (QED) is 0.0735. The maximum Gasteiger partial charge on any atom is 0.336 e.